The first kappa shape index (κ1) is 16.0. The lowest BCUT2D eigenvalue weighted by Crippen LogP contribution is -2.51. The Balaban J connectivity index is 1.60. The van der Waals surface area contributed by atoms with Crippen LogP contribution < -0.4 is 9.80 Å². The molecule has 0 spiro atoms. The van der Waals surface area contributed by atoms with Crippen LogP contribution in [0.25, 0.3) is 17.2 Å². The third kappa shape index (κ3) is 2.58. The predicted octanol–water partition coefficient (Wildman–Crippen LogP) is 2.66. The highest BCUT2D eigenvalue weighted by Crippen LogP contribution is 2.37. The van der Waals surface area contributed by atoms with Crippen LogP contribution in [-0.2, 0) is 4.79 Å². The topological polar surface area (TPSA) is 67.2 Å². The summed E-state index contributed by atoms with van der Waals surface area (Å²) in [6.07, 6.45) is 6.90. The molecule has 27 heavy (non-hydrogen) atoms. The lowest BCUT2D eigenvalue weighted by atomic mass is 9.91. The van der Waals surface area contributed by atoms with Crippen molar-refractivity contribution in [3.63, 3.8) is 0 Å². The number of likely N-dealkylation sites (N-methyl/N-ethyl adjacent to an activating group) is 1. The molecule has 0 unspecified atom stereocenters. The van der Waals surface area contributed by atoms with Gasteiger partial charge < -0.3 is 9.80 Å². The van der Waals surface area contributed by atoms with E-state index in [0.29, 0.717) is 18.5 Å². The maximum absolute atomic E-state index is 12.4. The lowest BCUT2D eigenvalue weighted by molar-refractivity contribution is -0.117. The number of amides is 1. The molecule has 3 aromatic rings. The number of benzene rings is 1. The number of hydrogen-bond donors (Lipinski definition) is 0. The van der Waals surface area contributed by atoms with Gasteiger partial charge in [0, 0.05) is 18.7 Å². The summed E-state index contributed by atoms with van der Waals surface area (Å²) in [5.41, 5.74) is 2.75. The molecule has 0 atom stereocenters. The van der Waals surface area contributed by atoms with Crippen LogP contribution in [0.1, 0.15) is 19.3 Å². The van der Waals surface area contributed by atoms with Crippen molar-refractivity contribution in [1.29, 1.82) is 0 Å². The summed E-state index contributed by atoms with van der Waals surface area (Å²) < 4.78 is 1.75. The number of nitrogens with zero attached hydrogens (tertiary/aromatic N) is 6. The summed E-state index contributed by atoms with van der Waals surface area (Å²) in [7, 11) is 1.78. The van der Waals surface area contributed by atoms with Crippen molar-refractivity contribution in [1.82, 2.24) is 19.7 Å². The molecule has 2 aromatic heterocycles. The molecule has 0 bridgehead atoms. The fourth-order valence-electron chi connectivity index (χ4n) is 3.66. The van der Waals surface area contributed by atoms with Crippen molar-refractivity contribution in [3.05, 3.63) is 48.8 Å². The second-order valence-corrected chi connectivity index (χ2v) is 7.04. The molecular formula is C20H20N6O. The van der Waals surface area contributed by atoms with E-state index < -0.39 is 0 Å². The Morgan fingerprint density at radius 3 is 2.67 bits per heavy atom. The standard InChI is InChI=1S/C20H20N6O/c1-24-17-12-21-20(23-19(17)25(13-18(24)27)15-8-5-9-15)26-16(10-11-22-26)14-6-3-2-4-7-14/h2-4,6-7,10-12,15H,5,8-9,13H2,1H3. The number of carbonyl (C=O) groups excluding carboxylic acids is 1. The van der Waals surface area contributed by atoms with Crippen molar-refractivity contribution in [3.8, 4) is 17.2 Å². The zero-order valence-electron chi connectivity index (χ0n) is 15.1. The van der Waals surface area contributed by atoms with Crippen molar-refractivity contribution >= 4 is 17.4 Å². The molecule has 1 amide bonds. The van der Waals surface area contributed by atoms with Gasteiger partial charge in [0.1, 0.15) is 5.69 Å². The summed E-state index contributed by atoms with van der Waals surface area (Å²) in [6, 6.07) is 12.4. The Morgan fingerprint density at radius 2 is 1.93 bits per heavy atom. The third-order valence-corrected chi connectivity index (χ3v) is 5.47. The van der Waals surface area contributed by atoms with Gasteiger partial charge in [-0.2, -0.15) is 14.8 Å². The molecule has 1 aliphatic carbocycles. The maximum Gasteiger partial charge on any atom is 0.253 e. The van der Waals surface area contributed by atoms with Crippen LogP contribution >= 0.6 is 0 Å². The van der Waals surface area contributed by atoms with Gasteiger partial charge in [0.25, 0.3) is 5.95 Å². The summed E-state index contributed by atoms with van der Waals surface area (Å²) in [6.45, 7) is 0.370. The van der Waals surface area contributed by atoms with Gasteiger partial charge in [0.2, 0.25) is 5.91 Å². The van der Waals surface area contributed by atoms with Crippen LogP contribution in [0.3, 0.4) is 0 Å². The van der Waals surface area contributed by atoms with E-state index in [-0.39, 0.29) is 5.91 Å². The van der Waals surface area contributed by atoms with Gasteiger partial charge in [-0.15, -0.1) is 0 Å². The number of rotatable bonds is 3. The molecular weight excluding hydrogens is 340 g/mol. The fraction of sp³-hybridized carbons (Fsp3) is 0.300. The Hall–Kier alpha value is -3.22. The molecule has 136 valence electrons. The number of aromatic nitrogens is 4. The predicted molar refractivity (Wildman–Crippen MR) is 103 cm³/mol. The lowest BCUT2D eigenvalue weighted by Gasteiger charge is -2.42. The SMILES string of the molecule is CN1C(=O)CN(C2CCC2)c2nc(-n3nccc3-c3ccccc3)ncc21. The Bertz CT molecular complexity index is 995. The molecule has 7 heteroatoms. The molecule has 1 saturated carbocycles. The van der Waals surface area contributed by atoms with E-state index in [1.165, 1.54) is 6.42 Å². The quantitative estimate of drug-likeness (QED) is 0.718. The average molecular weight is 360 g/mol. The Kier molecular flexibility index (Phi) is 3.67. The molecule has 0 radical (unpaired) electrons. The van der Waals surface area contributed by atoms with Gasteiger partial charge in [0.15, 0.2) is 5.82 Å². The monoisotopic (exact) mass is 360 g/mol. The number of anilines is 2. The average Bonchev–Trinajstić information content (AvgIpc) is 3.14. The number of hydrogen-bond acceptors (Lipinski definition) is 5. The van der Waals surface area contributed by atoms with E-state index in [9.17, 15) is 4.79 Å². The van der Waals surface area contributed by atoms with Crippen molar-refractivity contribution in [2.24, 2.45) is 0 Å². The third-order valence-electron chi connectivity index (χ3n) is 5.47. The zero-order valence-corrected chi connectivity index (χ0v) is 15.1. The molecule has 0 saturated heterocycles. The highest BCUT2D eigenvalue weighted by molar-refractivity contribution is 6.02. The number of carbonyl (C=O) groups is 1. The highest BCUT2D eigenvalue weighted by Gasteiger charge is 2.35. The molecule has 5 rings (SSSR count). The smallest absolute Gasteiger partial charge is 0.253 e. The van der Waals surface area contributed by atoms with E-state index in [1.54, 1.807) is 29.0 Å². The summed E-state index contributed by atoms with van der Waals surface area (Å²) in [5.74, 6) is 1.42. The van der Waals surface area contributed by atoms with Crippen LogP contribution in [0.5, 0.6) is 0 Å². The van der Waals surface area contributed by atoms with Crippen LogP contribution in [0.2, 0.25) is 0 Å². The van der Waals surface area contributed by atoms with E-state index in [1.807, 2.05) is 36.4 Å². The van der Waals surface area contributed by atoms with E-state index >= 15 is 0 Å². The molecule has 7 nitrogen and oxygen atoms in total. The second-order valence-electron chi connectivity index (χ2n) is 7.04. The molecule has 1 fully saturated rings. The van der Waals surface area contributed by atoms with Crippen molar-refractivity contribution in [2.75, 3.05) is 23.4 Å². The van der Waals surface area contributed by atoms with Gasteiger partial charge in [0.05, 0.1) is 24.6 Å². The largest absolute Gasteiger partial charge is 0.342 e. The molecule has 3 heterocycles. The number of fused-ring (bicyclic) bond motifs is 1. The molecule has 2 aliphatic rings. The summed E-state index contributed by atoms with van der Waals surface area (Å²) in [5, 5.41) is 4.44. The van der Waals surface area contributed by atoms with E-state index in [4.69, 9.17) is 4.98 Å². The van der Waals surface area contributed by atoms with E-state index in [0.717, 1.165) is 35.6 Å². The minimum Gasteiger partial charge on any atom is -0.342 e. The van der Waals surface area contributed by atoms with Gasteiger partial charge in [-0.1, -0.05) is 30.3 Å². The zero-order chi connectivity index (χ0) is 18.4. The Morgan fingerprint density at radius 1 is 1.11 bits per heavy atom. The van der Waals surface area contributed by atoms with Crippen LogP contribution in [0.4, 0.5) is 11.5 Å². The van der Waals surface area contributed by atoms with Gasteiger partial charge in [-0.25, -0.2) is 4.98 Å². The van der Waals surface area contributed by atoms with Gasteiger partial charge >= 0.3 is 0 Å². The second kappa shape index (κ2) is 6.19. The summed E-state index contributed by atoms with van der Waals surface area (Å²) >= 11 is 0. The van der Waals surface area contributed by atoms with Gasteiger partial charge in [-0.05, 0) is 25.3 Å². The van der Waals surface area contributed by atoms with Crippen molar-refractivity contribution in [2.45, 2.75) is 25.3 Å². The minimum atomic E-state index is 0.0785. The Labute approximate surface area is 157 Å². The first-order valence-corrected chi connectivity index (χ1v) is 9.22. The van der Waals surface area contributed by atoms with Crippen LogP contribution in [-0.4, -0.2) is 45.3 Å². The minimum absolute atomic E-state index is 0.0785. The fourth-order valence-corrected chi connectivity index (χ4v) is 3.66. The first-order chi connectivity index (χ1) is 13.2. The normalized spacial score (nSPS) is 17.0. The molecule has 0 N–H and O–H groups in total. The molecule has 1 aliphatic heterocycles. The van der Waals surface area contributed by atoms with E-state index in [2.05, 4.69) is 15.0 Å². The molecule has 1 aromatic carbocycles. The van der Waals surface area contributed by atoms with Crippen LogP contribution in [0.15, 0.2) is 48.8 Å². The summed E-state index contributed by atoms with van der Waals surface area (Å²) in [4.78, 5) is 25.5. The maximum atomic E-state index is 12.4. The highest BCUT2D eigenvalue weighted by atomic mass is 16.2. The van der Waals surface area contributed by atoms with Crippen molar-refractivity contribution < 1.29 is 4.79 Å². The van der Waals surface area contributed by atoms with Crippen LogP contribution in [0, 0.1) is 0 Å². The first-order valence-electron chi connectivity index (χ1n) is 9.22. The van der Waals surface area contributed by atoms with Gasteiger partial charge in [-0.3, -0.25) is 4.79 Å².